The van der Waals surface area contributed by atoms with Gasteiger partial charge in [-0.1, -0.05) is 12.1 Å². The third kappa shape index (κ3) is 6.04. The van der Waals surface area contributed by atoms with Crippen LogP contribution in [0.15, 0.2) is 53.4 Å². The number of ether oxygens (including phenoxy) is 1. The zero-order valence-corrected chi connectivity index (χ0v) is 21.3. The molecule has 2 amide bonds. The molecule has 8 nitrogen and oxygen atoms in total. The topological polar surface area (TPSA) is 99.4 Å². The van der Waals surface area contributed by atoms with Gasteiger partial charge in [0.15, 0.2) is 0 Å². The standard InChI is InChI=1S/C26H29N5O3S/c1-17-18(2)31(19-10-12-20(34-4)13-11-19)26(21(17)14-27)29-25(33)16-30(3)15-24(32)28-22-8-6-7-9-23(22)35-5/h6-13H,15-16H2,1-5H3,(H,28,32)(H,29,33). The molecule has 9 heteroatoms. The van der Waals surface area contributed by atoms with Crippen molar-refractivity contribution in [1.82, 2.24) is 9.47 Å². The van der Waals surface area contributed by atoms with Gasteiger partial charge in [0.25, 0.3) is 0 Å². The number of carbonyl (C=O) groups is 2. The number of anilines is 2. The normalized spacial score (nSPS) is 10.7. The summed E-state index contributed by atoms with van der Waals surface area (Å²) in [6.45, 7) is 3.78. The van der Waals surface area contributed by atoms with Crippen LogP contribution in [0.4, 0.5) is 11.5 Å². The molecule has 0 bridgehead atoms. The molecule has 0 atom stereocenters. The van der Waals surface area contributed by atoms with E-state index >= 15 is 0 Å². The van der Waals surface area contributed by atoms with Crippen LogP contribution in [0.1, 0.15) is 16.8 Å². The van der Waals surface area contributed by atoms with Crippen molar-refractivity contribution in [3.8, 4) is 17.5 Å². The molecule has 35 heavy (non-hydrogen) atoms. The Hall–Kier alpha value is -3.74. The molecule has 2 aromatic carbocycles. The van der Waals surface area contributed by atoms with Crippen LogP contribution in [0.2, 0.25) is 0 Å². The molecule has 0 fully saturated rings. The van der Waals surface area contributed by atoms with E-state index in [0.717, 1.165) is 27.5 Å². The molecule has 2 N–H and O–H groups in total. The van der Waals surface area contributed by atoms with Crippen LogP contribution >= 0.6 is 11.8 Å². The first-order chi connectivity index (χ1) is 16.8. The maximum Gasteiger partial charge on any atom is 0.239 e. The van der Waals surface area contributed by atoms with E-state index in [-0.39, 0.29) is 24.9 Å². The summed E-state index contributed by atoms with van der Waals surface area (Å²) in [5.41, 5.74) is 3.58. The number of nitrogens with zero attached hydrogens (tertiary/aromatic N) is 3. The zero-order chi connectivity index (χ0) is 25.5. The maximum absolute atomic E-state index is 12.9. The lowest BCUT2D eigenvalue weighted by Crippen LogP contribution is -2.36. The van der Waals surface area contributed by atoms with Gasteiger partial charge in [-0.15, -0.1) is 11.8 Å². The molecule has 0 aliphatic carbocycles. The van der Waals surface area contributed by atoms with E-state index in [1.807, 2.05) is 73.2 Å². The summed E-state index contributed by atoms with van der Waals surface area (Å²) in [7, 11) is 3.29. The highest BCUT2D eigenvalue weighted by Gasteiger charge is 2.21. The summed E-state index contributed by atoms with van der Waals surface area (Å²) in [4.78, 5) is 28.0. The second kappa shape index (κ2) is 11.6. The van der Waals surface area contributed by atoms with Gasteiger partial charge < -0.3 is 15.4 Å². The Labute approximate surface area is 209 Å². The van der Waals surface area contributed by atoms with Crippen LogP contribution in [0.3, 0.4) is 0 Å². The van der Waals surface area contributed by atoms with Gasteiger partial charge in [-0.2, -0.15) is 5.26 Å². The van der Waals surface area contributed by atoms with Crippen LogP contribution in [0.25, 0.3) is 5.69 Å². The fourth-order valence-electron chi connectivity index (χ4n) is 3.77. The lowest BCUT2D eigenvalue weighted by Gasteiger charge is -2.18. The number of hydrogen-bond donors (Lipinski definition) is 2. The fourth-order valence-corrected chi connectivity index (χ4v) is 4.32. The summed E-state index contributed by atoms with van der Waals surface area (Å²) in [6.07, 6.45) is 1.95. The molecule has 0 aliphatic heterocycles. The van der Waals surface area contributed by atoms with Crippen LogP contribution in [-0.4, -0.2) is 54.8 Å². The average Bonchev–Trinajstić information content (AvgIpc) is 3.07. The van der Waals surface area contributed by atoms with Crippen molar-refractivity contribution in [2.45, 2.75) is 18.7 Å². The Morgan fingerprint density at radius 3 is 2.29 bits per heavy atom. The number of amides is 2. The van der Waals surface area contributed by atoms with E-state index in [1.165, 1.54) is 0 Å². The monoisotopic (exact) mass is 491 g/mol. The van der Waals surface area contributed by atoms with Crippen molar-refractivity contribution in [3.05, 3.63) is 65.4 Å². The molecular weight excluding hydrogens is 462 g/mol. The van der Waals surface area contributed by atoms with E-state index in [0.29, 0.717) is 17.1 Å². The molecule has 0 spiro atoms. The van der Waals surface area contributed by atoms with Crippen LogP contribution < -0.4 is 15.4 Å². The largest absolute Gasteiger partial charge is 0.497 e. The minimum atomic E-state index is -0.325. The van der Waals surface area contributed by atoms with Gasteiger partial charge in [-0.3, -0.25) is 19.1 Å². The van der Waals surface area contributed by atoms with E-state index < -0.39 is 0 Å². The second-order valence-corrected chi connectivity index (χ2v) is 8.90. The summed E-state index contributed by atoms with van der Waals surface area (Å²) in [6, 6.07) is 17.1. The SMILES string of the molecule is COc1ccc(-n2c(C)c(C)c(C#N)c2NC(=O)CN(C)CC(=O)Nc2ccccc2SC)cc1. The molecule has 0 radical (unpaired) electrons. The number of likely N-dealkylation sites (N-methyl/N-ethyl adjacent to an activating group) is 1. The molecule has 1 heterocycles. The van der Waals surface area contributed by atoms with Crippen LogP contribution in [-0.2, 0) is 9.59 Å². The quantitative estimate of drug-likeness (QED) is 0.435. The molecule has 0 saturated carbocycles. The van der Waals surface area contributed by atoms with E-state index in [4.69, 9.17) is 4.74 Å². The van der Waals surface area contributed by atoms with Gasteiger partial charge in [0.05, 0.1) is 31.5 Å². The first-order valence-corrected chi connectivity index (χ1v) is 12.2. The van der Waals surface area contributed by atoms with Crippen molar-refractivity contribution in [2.75, 3.05) is 44.1 Å². The smallest absolute Gasteiger partial charge is 0.239 e. The molecule has 3 rings (SSSR count). The number of thioether (sulfide) groups is 1. The average molecular weight is 492 g/mol. The molecule has 0 saturated heterocycles. The van der Waals surface area contributed by atoms with E-state index in [9.17, 15) is 14.9 Å². The van der Waals surface area contributed by atoms with Crippen molar-refractivity contribution in [2.24, 2.45) is 0 Å². The minimum absolute atomic E-state index is 0.0195. The predicted octanol–water partition coefficient (Wildman–Crippen LogP) is 4.21. The van der Waals surface area contributed by atoms with Gasteiger partial charge in [-0.05, 0) is 69.1 Å². The molecule has 1 aromatic heterocycles. The maximum atomic E-state index is 12.9. The Bertz CT molecular complexity index is 1260. The van der Waals surface area contributed by atoms with Gasteiger partial charge in [0.1, 0.15) is 17.6 Å². The lowest BCUT2D eigenvalue weighted by molar-refractivity contribution is -0.119. The van der Waals surface area contributed by atoms with Gasteiger partial charge >= 0.3 is 0 Å². The Morgan fingerprint density at radius 1 is 1.06 bits per heavy atom. The number of carbonyl (C=O) groups excluding carboxylic acids is 2. The first-order valence-electron chi connectivity index (χ1n) is 11.0. The lowest BCUT2D eigenvalue weighted by atomic mass is 10.2. The molecular formula is C26H29N5O3S. The summed E-state index contributed by atoms with van der Waals surface area (Å²) < 4.78 is 7.08. The number of benzene rings is 2. The highest BCUT2D eigenvalue weighted by molar-refractivity contribution is 7.98. The molecule has 182 valence electrons. The van der Waals surface area contributed by atoms with Crippen LogP contribution in [0, 0.1) is 25.2 Å². The van der Waals surface area contributed by atoms with Crippen molar-refractivity contribution in [1.29, 1.82) is 5.26 Å². The molecule has 0 aliphatic rings. The Morgan fingerprint density at radius 2 is 1.69 bits per heavy atom. The number of nitriles is 1. The number of aromatic nitrogens is 1. The van der Waals surface area contributed by atoms with Gasteiger partial charge in [0.2, 0.25) is 11.8 Å². The van der Waals surface area contributed by atoms with Crippen molar-refractivity contribution < 1.29 is 14.3 Å². The number of para-hydroxylation sites is 1. The van der Waals surface area contributed by atoms with Gasteiger partial charge in [0, 0.05) is 16.3 Å². The van der Waals surface area contributed by atoms with Crippen LogP contribution in [0.5, 0.6) is 5.75 Å². The minimum Gasteiger partial charge on any atom is -0.497 e. The second-order valence-electron chi connectivity index (χ2n) is 8.05. The predicted molar refractivity (Wildman–Crippen MR) is 139 cm³/mol. The number of rotatable bonds is 9. The molecule has 0 unspecified atom stereocenters. The third-order valence-corrected chi connectivity index (χ3v) is 6.42. The third-order valence-electron chi connectivity index (χ3n) is 5.62. The summed E-state index contributed by atoms with van der Waals surface area (Å²) >= 11 is 1.55. The first kappa shape index (κ1) is 25.9. The highest BCUT2D eigenvalue weighted by Crippen LogP contribution is 2.30. The number of methoxy groups -OCH3 is 1. The van der Waals surface area contributed by atoms with Crippen molar-refractivity contribution >= 4 is 35.1 Å². The number of hydrogen-bond acceptors (Lipinski definition) is 6. The number of nitrogens with one attached hydrogen (secondary N) is 2. The van der Waals surface area contributed by atoms with E-state index in [1.54, 1.807) is 30.8 Å². The summed E-state index contributed by atoms with van der Waals surface area (Å²) in [5.74, 6) is 0.576. The highest BCUT2D eigenvalue weighted by atomic mass is 32.2. The fraction of sp³-hybridized carbons (Fsp3) is 0.269. The molecule has 3 aromatic rings. The Kier molecular flexibility index (Phi) is 8.58. The van der Waals surface area contributed by atoms with E-state index in [2.05, 4.69) is 16.7 Å². The van der Waals surface area contributed by atoms with Crippen molar-refractivity contribution in [3.63, 3.8) is 0 Å². The Balaban J connectivity index is 1.73. The summed E-state index contributed by atoms with van der Waals surface area (Å²) in [5, 5.41) is 15.5. The zero-order valence-electron chi connectivity index (χ0n) is 20.5. The van der Waals surface area contributed by atoms with Gasteiger partial charge in [-0.25, -0.2) is 0 Å².